The standard InChI is InChI=1S/C12H12N2O/c1-8(2)9(3)11-12(15)14-7-5-4-6-10(14)13-11/h4-7H,1H2,2-3H3/b11-9-. The lowest BCUT2D eigenvalue weighted by atomic mass is 10.1. The quantitative estimate of drug-likeness (QED) is 0.597. The van der Waals surface area contributed by atoms with Crippen LogP contribution in [0.15, 0.2) is 52.8 Å². The zero-order chi connectivity index (χ0) is 11.0. The van der Waals surface area contributed by atoms with E-state index in [0.29, 0.717) is 11.5 Å². The van der Waals surface area contributed by atoms with Crippen molar-refractivity contribution in [3.63, 3.8) is 0 Å². The fourth-order valence-electron chi connectivity index (χ4n) is 1.42. The molecule has 0 N–H and O–H groups in total. The number of nitrogens with zero attached hydrogens (tertiary/aromatic N) is 2. The molecule has 0 atom stereocenters. The fraction of sp³-hybridized carbons (Fsp3) is 0.167. The molecule has 2 aliphatic rings. The van der Waals surface area contributed by atoms with E-state index in [0.717, 1.165) is 11.1 Å². The molecule has 3 nitrogen and oxygen atoms in total. The molecule has 2 rings (SSSR count). The minimum absolute atomic E-state index is 0.0777. The highest BCUT2D eigenvalue weighted by Crippen LogP contribution is 2.23. The topological polar surface area (TPSA) is 32.7 Å². The van der Waals surface area contributed by atoms with E-state index in [9.17, 15) is 4.79 Å². The second kappa shape index (κ2) is 3.35. The van der Waals surface area contributed by atoms with Crippen LogP contribution in [0.3, 0.4) is 0 Å². The maximum Gasteiger partial charge on any atom is 0.282 e. The van der Waals surface area contributed by atoms with Crippen LogP contribution in [0.25, 0.3) is 0 Å². The van der Waals surface area contributed by atoms with Gasteiger partial charge in [0.2, 0.25) is 0 Å². The summed E-state index contributed by atoms with van der Waals surface area (Å²) < 4.78 is 0. The van der Waals surface area contributed by atoms with Gasteiger partial charge in [-0.15, -0.1) is 0 Å². The first kappa shape index (κ1) is 9.65. The van der Waals surface area contributed by atoms with Crippen LogP contribution in [0.5, 0.6) is 0 Å². The molecule has 0 unspecified atom stereocenters. The van der Waals surface area contributed by atoms with E-state index < -0.39 is 0 Å². The van der Waals surface area contributed by atoms with Gasteiger partial charge in [-0.2, -0.15) is 0 Å². The summed E-state index contributed by atoms with van der Waals surface area (Å²) in [4.78, 5) is 17.7. The average Bonchev–Trinajstić information content (AvgIpc) is 2.56. The summed E-state index contributed by atoms with van der Waals surface area (Å²) in [6.07, 6.45) is 7.22. The average molecular weight is 200 g/mol. The van der Waals surface area contributed by atoms with Crippen LogP contribution in [0, 0.1) is 0 Å². The number of amidine groups is 1. The number of carbonyl (C=O) groups is 1. The molecule has 2 heterocycles. The monoisotopic (exact) mass is 200 g/mol. The molecule has 1 amide bonds. The molecule has 0 aromatic heterocycles. The van der Waals surface area contributed by atoms with E-state index in [4.69, 9.17) is 0 Å². The van der Waals surface area contributed by atoms with Gasteiger partial charge in [0.05, 0.1) is 0 Å². The van der Waals surface area contributed by atoms with E-state index in [1.54, 1.807) is 11.1 Å². The summed E-state index contributed by atoms with van der Waals surface area (Å²) in [7, 11) is 0. The van der Waals surface area contributed by atoms with E-state index in [-0.39, 0.29) is 5.91 Å². The first-order chi connectivity index (χ1) is 7.11. The van der Waals surface area contributed by atoms with Gasteiger partial charge >= 0.3 is 0 Å². The molecule has 0 bridgehead atoms. The van der Waals surface area contributed by atoms with Crippen LogP contribution in [0.2, 0.25) is 0 Å². The number of amides is 1. The summed E-state index contributed by atoms with van der Waals surface area (Å²) in [5, 5.41) is 0. The van der Waals surface area contributed by atoms with Crippen molar-refractivity contribution in [1.82, 2.24) is 4.90 Å². The Hall–Kier alpha value is -1.90. The van der Waals surface area contributed by atoms with Gasteiger partial charge < -0.3 is 0 Å². The number of rotatable bonds is 1. The second-order valence-electron chi connectivity index (χ2n) is 3.60. The predicted octanol–water partition coefficient (Wildman–Crippen LogP) is 2.16. The first-order valence-electron chi connectivity index (χ1n) is 4.75. The molecule has 0 aromatic rings. The van der Waals surface area contributed by atoms with Gasteiger partial charge in [-0.25, -0.2) is 4.99 Å². The molecule has 15 heavy (non-hydrogen) atoms. The number of fused-ring (bicyclic) bond motifs is 1. The van der Waals surface area contributed by atoms with E-state index in [1.807, 2.05) is 32.1 Å². The number of allylic oxidation sites excluding steroid dienone is 4. The second-order valence-corrected chi connectivity index (χ2v) is 3.60. The summed E-state index contributed by atoms with van der Waals surface area (Å²) in [6, 6.07) is 0. The van der Waals surface area contributed by atoms with Gasteiger partial charge in [0.15, 0.2) is 0 Å². The minimum Gasteiger partial charge on any atom is -0.266 e. The largest absolute Gasteiger partial charge is 0.282 e. The molecular weight excluding hydrogens is 188 g/mol. The summed E-state index contributed by atoms with van der Waals surface area (Å²) in [5.74, 6) is 0.601. The van der Waals surface area contributed by atoms with Crippen molar-refractivity contribution in [3.8, 4) is 0 Å². The van der Waals surface area contributed by atoms with E-state index in [1.165, 1.54) is 0 Å². The minimum atomic E-state index is -0.0777. The maximum absolute atomic E-state index is 11.9. The Morgan fingerprint density at radius 2 is 2.13 bits per heavy atom. The van der Waals surface area contributed by atoms with Crippen molar-refractivity contribution < 1.29 is 4.79 Å². The third kappa shape index (κ3) is 1.46. The lowest BCUT2D eigenvalue weighted by Crippen LogP contribution is -2.26. The lowest BCUT2D eigenvalue weighted by molar-refractivity contribution is -0.121. The SMILES string of the molecule is C=C(C)/C(C)=C1\N=C2C=CC=CN2C1=O. The summed E-state index contributed by atoms with van der Waals surface area (Å²) in [6.45, 7) is 7.56. The highest BCUT2D eigenvalue weighted by Gasteiger charge is 2.29. The van der Waals surface area contributed by atoms with Crippen molar-refractivity contribution in [3.05, 3.63) is 47.9 Å². The molecule has 0 saturated carbocycles. The number of aliphatic imine (C=N–C) groups is 1. The third-order valence-electron chi connectivity index (χ3n) is 2.48. The van der Waals surface area contributed by atoms with Crippen molar-refractivity contribution in [2.45, 2.75) is 13.8 Å². The molecule has 3 heteroatoms. The van der Waals surface area contributed by atoms with Crippen molar-refractivity contribution >= 4 is 11.7 Å². The van der Waals surface area contributed by atoms with Gasteiger partial charge in [-0.1, -0.05) is 18.2 Å². The smallest absolute Gasteiger partial charge is 0.266 e. The molecule has 0 aromatic carbocycles. The van der Waals surface area contributed by atoms with Gasteiger partial charge in [-0.05, 0) is 31.6 Å². The first-order valence-corrected chi connectivity index (χ1v) is 4.75. The summed E-state index contributed by atoms with van der Waals surface area (Å²) >= 11 is 0. The molecule has 0 saturated heterocycles. The number of carbonyl (C=O) groups excluding carboxylic acids is 1. The Balaban J connectivity index is 2.49. The number of hydrogen-bond acceptors (Lipinski definition) is 2. The zero-order valence-electron chi connectivity index (χ0n) is 8.82. The van der Waals surface area contributed by atoms with Gasteiger partial charge in [0, 0.05) is 6.20 Å². The molecular formula is C12H12N2O. The Kier molecular flexibility index (Phi) is 2.15. The zero-order valence-corrected chi connectivity index (χ0v) is 8.82. The van der Waals surface area contributed by atoms with Crippen molar-refractivity contribution in [1.29, 1.82) is 0 Å². The predicted molar refractivity (Wildman–Crippen MR) is 60.1 cm³/mol. The lowest BCUT2D eigenvalue weighted by Gasteiger charge is -2.12. The Morgan fingerprint density at radius 1 is 1.40 bits per heavy atom. The molecule has 0 aliphatic carbocycles. The van der Waals surface area contributed by atoms with Crippen LogP contribution >= 0.6 is 0 Å². The molecule has 0 fully saturated rings. The molecule has 0 radical (unpaired) electrons. The van der Waals surface area contributed by atoms with Crippen LogP contribution in [-0.4, -0.2) is 16.6 Å². The van der Waals surface area contributed by atoms with E-state index in [2.05, 4.69) is 11.6 Å². The van der Waals surface area contributed by atoms with E-state index >= 15 is 0 Å². The van der Waals surface area contributed by atoms with Gasteiger partial charge in [-0.3, -0.25) is 9.69 Å². The van der Waals surface area contributed by atoms with Gasteiger partial charge in [0.25, 0.3) is 5.91 Å². The van der Waals surface area contributed by atoms with Crippen LogP contribution in [0.4, 0.5) is 0 Å². The normalized spacial score (nSPS) is 21.6. The van der Waals surface area contributed by atoms with Crippen LogP contribution < -0.4 is 0 Å². The summed E-state index contributed by atoms with van der Waals surface area (Å²) in [5.41, 5.74) is 2.22. The Bertz CT molecular complexity index is 464. The Morgan fingerprint density at radius 3 is 2.73 bits per heavy atom. The highest BCUT2D eigenvalue weighted by atomic mass is 16.2. The highest BCUT2D eigenvalue weighted by molar-refractivity contribution is 6.17. The van der Waals surface area contributed by atoms with Gasteiger partial charge in [0.1, 0.15) is 11.5 Å². The molecule has 2 aliphatic heterocycles. The molecule has 0 spiro atoms. The fourth-order valence-corrected chi connectivity index (χ4v) is 1.42. The van der Waals surface area contributed by atoms with Crippen molar-refractivity contribution in [2.75, 3.05) is 0 Å². The van der Waals surface area contributed by atoms with Crippen LogP contribution in [-0.2, 0) is 4.79 Å². The molecule has 76 valence electrons. The Labute approximate surface area is 88.8 Å². The third-order valence-corrected chi connectivity index (χ3v) is 2.48. The maximum atomic E-state index is 11.9. The van der Waals surface area contributed by atoms with Crippen molar-refractivity contribution in [2.24, 2.45) is 4.99 Å². The number of hydrogen-bond donors (Lipinski definition) is 0. The van der Waals surface area contributed by atoms with Crippen LogP contribution in [0.1, 0.15) is 13.8 Å².